The van der Waals surface area contributed by atoms with Crippen LogP contribution in [0.3, 0.4) is 0 Å². The topological polar surface area (TPSA) is 91.9 Å². The molecule has 5 nitrogen and oxygen atoms in total. The second-order valence-corrected chi connectivity index (χ2v) is 3.02. The number of hydrogen-bond donors (Lipinski definition) is 1. The van der Waals surface area contributed by atoms with Crippen LogP contribution in [0.4, 0.5) is 5.69 Å². The van der Waals surface area contributed by atoms with E-state index in [1.54, 1.807) is 25.1 Å². The lowest BCUT2D eigenvalue weighted by Gasteiger charge is -2.04. The summed E-state index contributed by atoms with van der Waals surface area (Å²) in [4.78, 5) is 14.2. The van der Waals surface area contributed by atoms with Crippen LogP contribution in [0.1, 0.15) is 29.3 Å². The molecule has 0 fully saturated rings. The minimum Gasteiger partial charge on any atom is -0.326 e. The lowest BCUT2D eigenvalue weighted by molar-refractivity contribution is 0.0989. The molecule has 0 aromatic heterocycles. The lowest BCUT2D eigenvalue weighted by atomic mass is 10.0. The summed E-state index contributed by atoms with van der Waals surface area (Å²) in [5, 5.41) is 3.49. The van der Waals surface area contributed by atoms with Crippen molar-refractivity contribution in [2.45, 2.75) is 19.9 Å². The lowest BCUT2D eigenvalue weighted by Crippen LogP contribution is -2.00. The van der Waals surface area contributed by atoms with Crippen molar-refractivity contribution in [1.29, 1.82) is 0 Å². The molecule has 2 N–H and O–H groups in total. The first-order valence-electron chi connectivity index (χ1n) is 4.64. The molecule has 0 amide bonds. The molecule has 1 aromatic rings. The van der Waals surface area contributed by atoms with E-state index in [2.05, 4.69) is 10.0 Å². The standard InChI is InChI=1S/C10H12N4O/c1-2-10(15)8-4-3-7(6-11)5-9(8)13-14-12/h3-5H,2,6,11H2,1H3. The molecule has 0 saturated carbocycles. The third-order valence-electron chi connectivity index (χ3n) is 2.07. The van der Waals surface area contributed by atoms with E-state index in [0.717, 1.165) is 5.56 Å². The zero-order valence-corrected chi connectivity index (χ0v) is 8.47. The van der Waals surface area contributed by atoms with Gasteiger partial charge in [-0.15, -0.1) is 0 Å². The van der Waals surface area contributed by atoms with E-state index in [9.17, 15) is 4.79 Å². The smallest absolute Gasteiger partial charge is 0.163 e. The average molecular weight is 204 g/mol. The summed E-state index contributed by atoms with van der Waals surface area (Å²) in [6.45, 7) is 2.12. The predicted molar refractivity (Wildman–Crippen MR) is 57.8 cm³/mol. The Morgan fingerprint density at radius 2 is 2.33 bits per heavy atom. The van der Waals surface area contributed by atoms with Gasteiger partial charge in [-0.25, -0.2) is 0 Å². The molecule has 0 aliphatic heterocycles. The molecule has 0 atom stereocenters. The SMILES string of the molecule is CCC(=O)c1ccc(CN)cc1N=[N+]=[N-]. The molecule has 0 radical (unpaired) electrons. The van der Waals surface area contributed by atoms with Crippen molar-refractivity contribution in [1.82, 2.24) is 0 Å². The predicted octanol–water partition coefficient (Wildman–Crippen LogP) is 2.68. The summed E-state index contributed by atoms with van der Waals surface area (Å²) in [5.74, 6) is -0.0408. The van der Waals surface area contributed by atoms with Gasteiger partial charge in [-0.05, 0) is 17.2 Å². The molecule has 0 spiro atoms. The van der Waals surface area contributed by atoms with E-state index < -0.39 is 0 Å². The summed E-state index contributed by atoms with van der Waals surface area (Å²) >= 11 is 0. The van der Waals surface area contributed by atoms with Crippen LogP contribution in [0.15, 0.2) is 23.3 Å². The highest BCUT2D eigenvalue weighted by Gasteiger charge is 2.08. The number of nitrogens with two attached hydrogens (primary N) is 1. The molecule has 0 heterocycles. The largest absolute Gasteiger partial charge is 0.326 e. The van der Waals surface area contributed by atoms with E-state index in [0.29, 0.717) is 24.2 Å². The van der Waals surface area contributed by atoms with Crippen LogP contribution >= 0.6 is 0 Å². The number of carbonyl (C=O) groups is 1. The van der Waals surface area contributed by atoms with E-state index >= 15 is 0 Å². The van der Waals surface area contributed by atoms with Crippen LogP contribution < -0.4 is 5.73 Å². The van der Waals surface area contributed by atoms with Crippen LogP contribution in [0.2, 0.25) is 0 Å². The number of nitrogens with zero attached hydrogens (tertiary/aromatic N) is 3. The van der Waals surface area contributed by atoms with Crippen molar-refractivity contribution < 1.29 is 4.79 Å². The van der Waals surface area contributed by atoms with Gasteiger partial charge in [-0.1, -0.05) is 24.2 Å². The first-order valence-corrected chi connectivity index (χ1v) is 4.64. The summed E-state index contributed by atoms with van der Waals surface area (Å²) in [6.07, 6.45) is 0.385. The Labute approximate surface area is 87.5 Å². The average Bonchev–Trinajstić information content (AvgIpc) is 2.28. The number of azide groups is 1. The Bertz CT molecular complexity index is 421. The van der Waals surface area contributed by atoms with E-state index in [1.165, 1.54) is 0 Å². The van der Waals surface area contributed by atoms with Crippen molar-refractivity contribution in [2.24, 2.45) is 10.8 Å². The maximum absolute atomic E-state index is 11.5. The van der Waals surface area contributed by atoms with Crippen LogP contribution in [0.5, 0.6) is 0 Å². The van der Waals surface area contributed by atoms with Crippen LogP contribution in [0.25, 0.3) is 10.4 Å². The van der Waals surface area contributed by atoms with Gasteiger partial charge in [0, 0.05) is 29.1 Å². The van der Waals surface area contributed by atoms with E-state index in [-0.39, 0.29) is 5.78 Å². The normalized spacial score (nSPS) is 9.47. The van der Waals surface area contributed by atoms with Crippen molar-refractivity contribution in [3.8, 4) is 0 Å². The molecule has 78 valence electrons. The molecular weight excluding hydrogens is 192 g/mol. The maximum Gasteiger partial charge on any atom is 0.163 e. The van der Waals surface area contributed by atoms with Gasteiger partial charge in [-0.3, -0.25) is 4.79 Å². The Hall–Kier alpha value is -1.84. The molecule has 1 rings (SSSR count). The first-order chi connectivity index (χ1) is 7.22. The van der Waals surface area contributed by atoms with Gasteiger partial charge >= 0.3 is 0 Å². The van der Waals surface area contributed by atoms with Crippen molar-refractivity contribution in [2.75, 3.05) is 0 Å². The third kappa shape index (κ3) is 2.56. The van der Waals surface area contributed by atoms with Crippen molar-refractivity contribution in [3.63, 3.8) is 0 Å². The quantitative estimate of drug-likeness (QED) is 0.353. The van der Waals surface area contributed by atoms with Crippen molar-refractivity contribution >= 4 is 11.5 Å². The molecule has 1 aromatic carbocycles. The second kappa shape index (κ2) is 5.14. The highest BCUT2D eigenvalue weighted by molar-refractivity contribution is 6.00. The Balaban J connectivity index is 3.26. The molecule has 0 bridgehead atoms. The summed E-state index contributed by atoms with van der Waals surface area (Å²) in [6, 6.07) is 5.06. The Morgan fingerprint density at radius 1 is 1.60 bits per heavy atom. The minimum atomic E-state index is -0.0408. The number of Topliss-reactive ketones (excluding diaryl/α,β-unsaturated/α-hetero) is 1. The Morgan fingerprint density at radius 3 is 2.87 bits per heavy atom. The Kier molecular flexibility index (Phi) is 3.85. The van der Waals surface area contributed by atoms with Gasteiger partial charge in [0.15, 0.2) is 5.78 Å². The summed E-state index contributed by atoms with van der Waals surface area (Å²) in [7, 11) is 0. The molecule has 5 heteroatoms. The molecule has 0 saturated heterocycles. The van der Waals surface area contributed by atoms with Gasteiger partial charge < -0.3 is 5.73 Å². The number of hydrogen-bond acceptors (Lipinski definition) is 3. The van der Waals surface area contributed by atoms with Gasteiger partial charge in [0.1, 0.15) is 0 Å². The number of carbonyl (C=O) groups excluding carboxylic acids is 1. The molecule has 0 unspecified atom stereocenters. The molecule has 15 heavy (non-hydrogen) atoms. The highest BCUT2D eigenvalue weighted by Crippen LogP contribution is 2.22. The van der Waals surface area contributed by atoms with Crippen molar-refractivity contribution in [3.05, 3.63) is 39.8 Å². The monoisotopic (exact) mass is 204 g/mol. The zero-order valence-electron chi connectivity index (χ0n) is 8.47. The minimum absolute atomic E-state index is 0.0408. The molecule has 0 aliphatic carbocycles. The highest BCUT2D eigenvalue weighted by atomic mass is 16.1. The van der Waals surface area contributed by atoms with E-state index in [1.807, 2.05) is 0 Å². The molecule has 0 aliphatic rings. The second-order valence-electron chi connectivity index (χ2n) is 3.02. The number of benzene rings is 1. The zero-order chi connectivity index (χ0) is 11.3. The van der Waals surface area contributed by atoms with Gasteiger partial charge in [-0.2, -0.15) is 0 Å². The molecular formula is C10H12N4O. The number of ketones is 1. The van der Waals surface area contributed by atoms with Crippen LogP contribution in [0, 0.1) is 0 Å². The van der Waals surface area contributed by atoms with Gasteiger partial charge in [0.2, 0.25) is 0 Å². The van der Waals surface area contributed by atoms with Gasteiger partial charge in [0.25, 0.3) is 0 Å². The summed E-state index contributed by atoms with van der Waals surface area (Å²) in [5.41, 5.74) is 15.5. The summed E-state index contributed by atoms with van der Waals surface area (Å²) < 4.78 is 0. The maximum atomic E-state index is 11.5. The van der Waals surface area contributed by atoms with Crippen LogP contribution in [-0.4, -0.2) is 5.78 Å². The fourth-order valence-corrected chi connectivity index (χ4v) is 1.26. The fraction of sp³-hybridized carbons (Fsp3) is 0.300. The van der Waals surface area contributed by atoms with E-state index in [4.69, 9.17) is 11.3 Å². The first kappa shape index (κ1) is 11.2. The number of rotatable bonds is 4. The van der Waals surface area contributed by atoms with Gasteiger partial charge in [0.05, 0.1) is 0 Å². The van der Waals surface area contributed by atoms with Crippen LogP contribution in [-0.2, 0) is 6.54 Å². The fourth-order valence-electron chi connectivity index (χ4n) is 1.26. The third-order valence-corrected chi connectivity index (χ3v) is 2.07.